The Balaban J connectivity index is 0.000000134. The monoisotopic (exact) mass is 443 g/mol. The van der Waals surface area contributed by atoms with Crippen LogP contribution in [-0.4, -0.2) is 42.3 Å². The van der Waals surface area contributed by atoms with Gasteiger partial charge in [-0.3, -0.25) is 9.36 Å². The van der Waals surface area contributed by atoms with Gasteiger partial charge in [-0.1, -0.05) is 16.8 Å². The molecular weight excluding hydrogens is 425 g/mol. The maximum absolute atomic E-state index is 13.5. The fourth-order valence-electron chi connectivity index (χ4n) is 3.93. The van der Waals surface area contributed by atoms with Gasteiger partial charge in [-0.15, -0.1) is 0 Å². The van der Waals surface area contributed by atoms with Gasteiger partial charge in [0.15, 0.2) is 17.5 Å². The highest BCUT2D eigenvalue weighted by Gasteiger charge is 2.45. The van der Waals surface area contributed by atoms with Crippen molar-refractivity contribution < 1.29 is 8.91 Å². The van der Waals surface area contributed by atoms with Gasteiger partial charge in [-0.05, 0) is 36.5 Å². The second kappa shape index (κ2) is 7.77. The number of fused-ring (bicyclic) bond motifs is 2. The molecule has 2 aliphatic rings. The largest absolute Gasteiger partial charge is 0.369 e. The Morgan fingerprint density at radius 3 is 2.68 bits per heavy atom. The first-order chi connectivity index (χ1) is 15.0. The van der Waals surface area contributed by atoms with Gasteiger partial charge in [-0.25, -0.2) is 14.4 Å². The highest BCUT2D eigenvalue weighted by atomic mass is 35.5. The molecule has 160 valence electrons. The first-order valence-corrected chi connectivity index (χ1v) is 10.2. The summed E-state index contributed by atoms with van der Waals surface area (Å²) < 4.78 is 21.4. The van der Waals surface area contributed by atoms with Crippen LogP contribution in [0.2, 0.25) is 5.02 Å². The lowest BCUT2D eigenvalue weighted by molar-refractivity contribution is 0.368. The van der Waals surface area contributed by atoms with Gasteiger partial charge in [0.25, 0.3) is 5.56 Å². The molecule has 0 radical (unpaired) electrons. The van der Waals surface area contributed by atoms with E-state index in [0.29, 0.717) is 27.8 Å². The summed E-state index contributed by atoms with van der Waals surface area (Å²) in [5.74, 6) is 1.81. The first-order valence-electron chi connectivity index (χ1n) is 9.81. The fraction of sp³-hybridized carbons (Fsp3) is 0.350. The van der Waals surface area contributed by atoms with Crippen LogP contribution in [0.5, 0.6) is 0 Å². The number of rotatable bonds is 3. The van der Waals surface area contributed by atoms with E-state index in [1.807, 2.05) is 0 Å². The third-order valence-corrected chi connectivity index (χ3v) is 5.88. The molecule has 1 aliphatic carbocycles. The number of anilines is 1. The Bertz CT molecular complexity index is 1280. The molecule has 0 N–H and O–H groups in total. The molecule has 11 heteroatoms. The van der Waals surface area contributed by atoms with Gasteiger partial charge in [0.1, 0.15) is 18.7 Å². The van der Waals surface area contributed by atoms with E-state index in [9.17, 15) is 9.18 Å². The molecule has 4 heterocycles. The molecule has 2 unspecified atom stereocenters. The van der Waals surface area contributed by atoms with Crippen LogP contribution in [0.15, 0.2) is 46.5 Å². The van der Waals surface area contributed by atoms with Crippen molar-refractivity contribution in [1.82, 2.24) is 29.2 Å². The van der Waals surface area contributed by atoms with Crippen LogP contribution in [0.3, 0.4) is 0 Å². The first kappa shape index (κ1) is 19.7. The molecule has 2 atom stereocenters. The smallest absolute Gasteiger partial charge is 0.280 e. The lowest BCUT2D eigenvalue weighted by atomic mass is 10.2. The van der Waals surface area contributed by atoms with Crippen molar-refractivity contribution in [3.05, 3.63) is 64.3 Å². The number of hydrogen-bond donors (Lipinski definition) is 0. The average Bonchev–Trinajstić information content (AvgIpc) is 3.12. The van der Waals surface area contributed by atoms with Gasteiger partial charge in [-0.2, -0.15) is 4.98 Å². The number of imidazole rings is 1. The van der Waals surface area contributed by atoms with Gasteiger partial charge in [0.2, 0.25) is 5.89 Å². The summed E-state index contributed by atoms with van der Waals surface area (Å²) in [5, 5.41) is 3.95. The average molecular weight is 444 g/mol. The van der Waals surface area contributed by atoms with E-state index >= 15 is 0 Å². The maximum Gasteiger partial charge on any atom is 0.280 e. The van der Waals surface area contributed by atoms with Gasteiger partial charge in [0.05, 0.1) is 12.0 Å². The number of hydrogen-bond acceptors (Lipinski definition) is 7. The van der Waals surface area contributed by atoms with Crippen LogP contribution < -0.4 is 10.5 Å². The third kappa shape index (κ3) is 3.90. The van der Waals surface area contributed by atoms with E-state index in [2.05, 4.69) is 25.0 Å². The van der Waals surface area contributed by atoms with E-state index < -0.39 is 0 Å². The van der Waals surface area contributed by atoms with Crippen molar-refractivity contribution in [2.24, 2.45) is 18.9 Å². The van der Waals surface area contributed by atoms with Crippen molar-refractivity contribution >= 4 is 28.5 Å². The molecule has 0 bridgehead atoms. The van der Waals surface area contributed by atoms with Crippen LogP contribution in [0.1, 0.15) is 12.3 Å². The van der Waals surface area contributed by atoms with Gasteiger partial charge in [0, 0.05) is 25.2 Å². The molecule has 1 aromatic carbocycles. The lowest BCUT2D eigenvalue weighted by Gasteiger charge is -2.20. The van der Waals surface area contributed by atoms with Crippen molar-refractivity contribution in [3.63, 3.8) is 0 Å². The molecule has 6 rings (SSSR count). The molecular formula is C20H19ClFN7O2. The molecule has 0 spiro atoms. The van der Waals surface area contributed by atoms with E-state index in [1.165, 1.54) is 29.7 Å². The standard InChI is InChI=1S/C11H11ClFN.C9H8N6O2/c12-9-1-2-11(10(13)4-9)14-5-7-3-8(7)6-14;1-14-4-11-8-7(14)9(16)15(5-12-8)2-6-10-3-13-17-6/h1-2,4,7-8H,3,5-6H2;3-5H,2H2,1H3. The van der Waals surface area contributed by atoms with Crippen LogP contribution in [-0.2, 0) is 13.6 Å². The summed E-state index contributed by atoms with van der Waals surface area (Å²) in [6.07, 6.45) is 5.60. The Morgan fingerprint density at radius 2 is 1.97 bits per heavy atom. The summed E-state index contributed by atoms with van der Waals surface area (Å²) >= 11 is 5.70. The summed E-state index contributed by atoms with van der Waals surface area (Å²) in [4.78, 5) is 26.2. The quantitative estimate of drug-likeness (QED) is 0.480. The summed E-state index contributed by atoms with van der Waals surface area (Å²) in [5.41, 5.74) is 1.40. The molecule has 31 heavy (non-hydrogen) atoms. The number of halogens is 2. The highest BCUT2D eigenvalue weighted by molar-refractivity contribution is 6.30. The van der Waals surface area contributed by atoms with Crippen LogP contribution in [0, 0.1) is 17.7 Å². The van der Waals surface area contributed by atoms with Crippen LogP contribution >= 0.6 is 11.6 Å². The number of nitrogens with zero attached hydrogens (tertiary/aromatic N) is 7. The zero-order valence-corrected chi connectivity index (χ0v) is 17.4. The minimum Gasteiger partial charge on any atom is -0.369 e. The Kier molecular flexibility index (Phi) is 4.93. The SMILES string of the molecule is Cn1cnc2ncn(Cc3ncno3)c(=O)c21.Fc1cc(Cl)ccc1N1CC2CC2C1. The van der Waals surface area contributed by atoms with Gasteiger partial charge < -0.3 is 14.0 Å². The second-order valence-electron chi connectivity index (χ2n) is 7.80. The van der Waals surface area contributed by atoms with Crippen molar-refractivity contribution in [3.8, 4) is 0 Å². The summed E-state index contributed by atoms with van der Waals surface area (Å²) in [6, 6.07) is 4.92. The Hall–Kier alpha value is -3.27. The summed E-state index contributed by atoms with van der Waals surface area (Å²) in [6.45, 7) is 2.24. The van der Waals surface area contributed by atoms with E-state index in [1.54, 1.807) is 30.1 Å². The van der Waals surface area contributed by atoms with Crippen molar-refractivity contribution in [1.29, 1.82) is 0 Å². The summed E-state index contributed by atoms with van der Waals surface area (Å²) in [7, 11) is 1.75. The van der Waals surface area contributed by atoms with Crippen molar-refractivity contribution in [2.45, 2.75) is 13.0 Å². The van der Waals surface area contributed by atoms with Crippen molar-refractivity contribution in [2.75, 3.05) is 18.0 Å². The zero-order chi connectivity index (χ0) is 21.5. The normalized spacial score (nSPS) is 19.3. The number of aryl methyl sites for hydroxylation is 1. The van der Waals surface area contributed by atoms with E-state index in [-0.39, 0.29) is 17.9 Å². The van der Waals surface area contributed by atoms with Crippen LogP contribution in [0.4, 0.5) is 10.1 Å². The molecule has 1 saturated heterocycles. The molecule has 0 amide bonds. The number of benzene rings is 1. The fourth-order valence-corrected chi connectivity index (χ4v) is 4.09. The lowest BCUT2D eigenvalue weighted by Crippen LogP contribution is -2.22. The van der Waals surface area contributed by atoms with E-state index in [0.717, 1.165) is 24.9 Å². The molecule has 1 aliphatic heterocycles. The zero-order valence-electron chi connectivity index (χ0n) is 16.7. The Morgan fingerprint density at radius 1 is 1.19 bits per heavy atom. The predicted octanol–water partition coefficient (Wildman–Crippen LogP) is 2.50. The Labute approximate surface area is 181 Å². The van der Waals surface area contributed by atoms with Gasteiger partial charge >= 0.3 is 0 Å². The predicted molar refractivity (Wildman–Crippen MR) is 111 cm³/mol. The number of aromatic nitrogens is 6. The molecule has 4 aromatic rings. The topological polar surface area (TPSA) is 94.9 Å². The minimum atomic E-state index is -0.196. The third-order valence-electron chi connectivity index (χ3n) is 5.64. The highest BCUT2D eigenvalue weighted by Crippen LogP contribution is 2.46. The van der Waals surface area contributed by atoms with E-state index in [4.69, 9.17) is 16.1 Å². The number of piperidine rings is 1. The molecule has 1 saturated carbocycles. The maximum atomic E-state index is 13.5. The molecule has 2 fully saturated rings. The second-order valence-corrected chi connectivity index (χ2v) is 8.23. The molecule has 3 aromatic heterocycles. The molecule has 9 nitrogen and oxygen atoms in total. The van der Waals surface area contributed by atoms with Crippen LogP contribution in [0.25, 0.3) is 11.2 Å². The minimum absolute atomic E-state index is 0.187.